The van der Waals surface area contributed by atoms with Crippen molar-refractivity contribution in [2.45, 2.75) is 88.1 Å². The molecule has 2 aromatic rings. The van der Waals surface area contributed by atoms with Gasteiger partial charge in [0.1, 0.15) is 18.0 Å². The van der Waals surface area contributed by atoms with Gasteiger partial charge in [0.2, 0.25) is 5.82 Å². The molecule has 2 bridgehead atoms. The summed E-state index contributed by atoms with van der Waals surface area (Å²) in [6, 6.07) is 7.61. The van der Waals surface area contributed by atoms with E-state index < -0.39 is 5.60 Å². The maximum atomic E-state index is 13.3. The molecule has 1 saturated carbocycles. The smallest absolute Gasteiger partial charge is 0.206 e. The van der Waals surface area contributed by atoms with Crippen molar-refractivity contribution in [1.82, 2.24) is 20.2 Å². The van der Waals surface area contributed by atoms with E-state index in [1.54, 1.807) is 12.1 Å². The summed E-state index contributed by atoms with van der Waals surface area (Å²) in [5, 5.41) is 24.0. The molecular formula is C21H29FN5O+. The van der Waals surface area contributed by atoms with Crippen molar-refractivity contribution in [2.75, 3.05) is 0 Å². The highest BCUT2D eigenvalue weighted by atomic mass is 19.1. The molecule has 1 aromatic heterocycles. The van der Waals surface area contributed by atoms with E-state index in [0.717, 1.165) is 43.6 Å². The van der Waals surface area contributed by atoms with Gasteiger partial charge in [-0.3, -0.25) is 0 Å². The van der Waals surface area contributed by atoms with Gasteiger partial charge in [-0.2, -0.15) is 0 Å². The van der Waals surface area contributed by atoms with Crippen LogP contribution in [0, 0.1) is 5.82 Å². The summed E-state index contributed by atoms with van der Waals surface area (Å²) in [6.07, 6.45) is 9.85. The van der Waals surface area contributed by atoms with Gasteiger partial charge in [-0.25, -0.2) is 9.07 Å². The molecular weight excluding hydrogens is 357 g/mol. The van der Waals surface area contributed by atoms with Gasteiger partial charge in [0.05, 0.1) is 18.1 Å². The molecule has 6 nitrogen and oxygen atoms in total. The number of piperidine rings is 1. The third-order valence-electron chi connectivity index (χ3n) is 7.31. The molecule has 2 aliphatic heterocycles. The van der Waals surface area contributed by atoms with Crippen LogP contribution in [0.1, 0.15) is 75.2 Å². The summed E-state index contributed by atoms with van der Waals surface area (Å²) in [7, 11) is 0. The standard InChI is InChI=1S/C21H28FN5O/c22-16-8-6-15(7-9-16)21(28)12-18-10-11-19(13-21)26(18)14-20-23-24-25-27(20)17-4-2-1-3-5-17/h6-9,17-19,28H,1-5,10-14H2/p+1/t18-,19+,21?. The van der Waals surface area contributed by atoms with E-state index in [1.165, 1.54) is 49.1 Å². The minimum atomic E-state index is -0.849. The minimum absolute atomic E-state index is 0.257. The van der Waals surface area contributed by atoms with E-state index in [4.69, 9.17) is 0 Å². The summed E-state index contributed by atoms with van der Waals surface area (Å²) in [6.45, 7) is 0.832. The van der Waals surface area contributed by atoms with Crippen LogP contribution in [0.5, 0.6) is 0 Å². The Morgan fingerprint density at radius 2 is 1.71 bits per heavy atom. The van der Waals surface area contributed by atoms with Crippen LogP contribution in [0.4, 0.5) is 4.39 Å². The molecule has 1 aromatic carbocycles. The lowest BCUT2D eigenvalue weighted by Gasteiger charge is -2.41. The lowest BCUT2D eigenvalue weighted by atomic mass is 9.80. The van der Waals surface area contributed by atoms with Crippen LogP contribution in [-0.2, 0) is 12.1 Å². The zero-order valence-electron chi connectivity index (χ0n) is 16.2. The van der Waals surface area contributed by atoms with Crippen molar-refractivity contribution in [3.8, 4) is 0 Å². The molecule has 2 unspecified atom stereocenters. The molecule has 3 heterocycles. The average molecular weight is 386 g/mol. The lowest BCUT2D eigenvalue weighted by Crippen LogP contribution is -3.17. The number of nitrogens with one attached hydrogen (secondary N) is 1. The summed E-state index contributed by atoms with van der Waals surface area (Å²) < 4.78 is 15.4. The second-order valence-corrected chi connectivity index (χ2v) is 9.00. The number of quaternary nitrogens is 1. The summed E-state index contributed by atoms with van der Waals surface area (Å²) in [4.78, 5) is 1.51. The van der Waals surface area contributed by atoms with E-state index in [9.17, 15) is 9.50 Å². The van der Waals surface area contributed by atoms with Gasteiger partial charge in [-0.1, -0.05) is 31.4 Å². The highest BCUT2D eigenvalue weighted by molar-refractivity contribution is 5.24. The Kier molecular flexibility index (Phi) is 4.67. The SMILES string of the molecule is OC1(c2ccc(F)cc2)C[C@H]2CC[C@@H](C1)[NH+]2Cc1nnnn1C1CCCCC1. The van der Waals surface area contributed by atoms with Gasteiger partial charge in [0.25, 0.3) is 0 Å². The van der Waals surface area contributed by atoms with Crippen LogP contribution < -0.4 is 4.90 Å². The number of hydrogen-bond acceptors (Lipinski definition) is 4. The number of aliphatic hydroxyl groups is 1. The molecule has 4 atom stereocenters. The van der Waals surface area contributed by atoms with Crippen molar-refractivity contribution in [1.29, 1.82) is 0 Å². The van der Waals surface area contributed by atoms with Crippen molar-refractivity contribution in [2.24, 2.45) is 0 Å². The van der Waals surface area contributed by atoms with Gasteiger partial charge in [-0.15, -0.1) is 5.10 Å². The fraction of sp³-hybridized carbons (Fsp3) is 0.667. The first-order chi connectivity index (χ1) is 13.6. The first-order valence-electron chi connectivity index (χ1n) is 10.7. The van der Waals surface area contributed by atoms with Crippen molar-refractivity contribution in [3.05, 3.63) is 41.5 Å². The van der Waals surface area contributed by atoms with Gasteiger partial charge in [0.15, 0.2) is 0 Å². The normalized spacial score (nSPS) is 33.3. The van der Waals surface area contributed by atoms with Crippen LogP contribution in [0.25, 0.3) is 0 Å². The largest absolute Gasteiger partial charge is 0.385 e. The third kappa shape index (κ3) is 3.24. The summed E-state index contributed by atoms with van der Waals surface area (Å²) in [5.41, 5.74) is -0.00454. The van der Waals surface area contributed by atoms with Crippen molar-refractivity contribution >= 4 is 0 Å². The van der Waals surface area contributed by atoms with E-state index in [1.807, 2.05) is 0 Å². The number of benzene rings is 1. The quantitative estimate of drug-likeness (QED) is 0.842. The molecule has 3 aliphatic rings. The topological polar surface area (TPSA) is 68.3 Å². The first-order valence-corrected chi connectivity index (χ1v) is 10.7. The van der Waals surface area contributed by atoms with Gasteiger partial charge in [-0.05, 0) is 41.0 Å². The predicted octanol–water partition coefficient (Wildman–Crippen LogP) is 1.91. The molecule has 0 radical (unpaired) electrons. The molecule has 2 saturated heterocycles. The van der Waals surface area contributed by atoms with Gasteiger partial charge >= 0.3 is 0 Å². The number of rotatable bonds is 4. The molecule has 0 spiro atoms. The number of nitrogens with zero attached hydrogens (tertiary/aromatic N) is 4. The highest BCUT2D eigenvalue weighted by Gasteiger charge is 2.51. The van der Waals surface area contributed by atoms with E-state index in [-0.39, 0.29) is 5.82 Å². The Bertz CT molecular complexity index is 802. The van der Waals surface area contributed by atoms with E-state index in [0.29, 0.717) is 18.1 Å². The number of halogens is 1. The van der Waals surface area contributed by atoms with Gasteiger partial charge < -0.3 is 10.0 Å². The maximum absolute atomic E-state index is 13.3. The van der Waals surface area contributed by atoms with Crippen LogP contribution in [0.15, 0.2) is 24.3 Å². The Morgan fingerprint density at radius 1 is 1.04 bits per heavy atom. The fourth-order valence-corrected chi connectivity index (χ4v) is 5.88. The first kappa shape index (κ1) is 18.2. The number of aromatic nitrogens is 4. The van der Waals surface area contributed by atoms with Crippen molar-refractivity contribution in [3.63, 3.8) is 0 Å². The Balaban J connectivity index is 1.33. The summed E-state index contributed by atoms with van der Waals surface area (Å²) in [5.74, 6) is 0.735. The second-order valence-electron chi connectivity index (χ2n) is 9.00. The molecule has 7 heteroatoms. The van der Waals surface area contributed by atoms with E-state index >= 15 is 0 Å². The molecule has 2 N–H and O–H groups in total. The van der Waals surface area contributed by atoms with Crippen LogP contribution >= 0.6 is 0 Å². The zero-order chi connectivity index (χ0) is 19.1. The predicted molar refractivity (Wildman–Crippen MR) is 101 cm³/mol. The van der Waals surface area contributed by atoms with Crippen LogP contribution in [-0.4, -0.2) is 37.4 Å². The number of tetrazole rings is 1. The number of fused-ring (bicyclic) bond motifs is 2. The van der Waals surface area contributed by atoms with E-state index in [2.05, 4.69) is 20.2 Å². The molecule has 0 amide bonds. The third-order valence-corrected chi connectivity index (χ3v) is 7.31. The average Bonchev–Trinajstić information content (AvgIpc) is 3.26. The Hall–Kier alpha value is -1.86. The molecule has 150 valence electrons. The van der Waals surface area contributed by atoms with Gasteiger partial charge in [0, 0.05) is 25.7 Å². The van der Waals surface area contributed by atoms with Crippen LogP contribution in [0.3, 0.4) is 0 Å². The maximum Gasteiger partial charge on any atom is 0.206 e. The highest BCUT2D eigenvalue weighted by Crippen LogP contribution is 2.38. The number of hydrogen-bond donors (Lipinski definition) is 2. The fourth-order valence-electron chi connectivity index (χ4n) is 5.88. The molecule has 5 rings (SSSR count). The Labute approximate surface area is 164 Å². The molecule has 1 aliphatic carbocycles. The lowest BCUT2D eigenvalue weighted by molar-refractivity contribution is -0.958. The zero-order valence-corrected chi connectivity index (χ0v) is 16.2. The second kappa shape index (κ2) is 7.19. The Morgan fingerprint density at radius 3 is 2.39 bits per heavy atom. The molecule has 28 heavy (non-hydrogen) atoms. The minimum Gasteiger partial charge on any atom is -0.385 e. The van der Waals surface area contributed by atoms with Crippen molar-refractivity contribution < 1.29 is 14.4 Å². The molecule has 3 fully saturated rings. The monoisotopic (exact) mass is 386 g/mol. The van der Waals surface area contributed by atoms with Crippen LogP contribution in [0.2, 0.25) is 0 Å². The summed E-state index contributed by atoms with van der Waals surface area (Å²) >= 11 is 0.